The maximum absolute atomic E-state index is 11.5. The Morgan fingerprint density at radius 3 is 2.15 bits per heavy atom. The van der Waals surface area contributed by atoms with Gasteiger partial charge in [-0.3, -0.25) is 24.9 Å². The molecule has 1 aliphatic heterocycles. The zero-order chi connectivity index (χ0) is 19.2. The average molecular weight is 368 g/mol. The van der Waals surface area contributed by atoms with Gasteiger partial charge in [-0.2, -0.15) is 0 Å². The number of carbonyl (C=O) groups excluding carboxylic acids is 1. The molecular formula is C21H28N4O2. The van der Waals surface area contributed by atoms with Crippen molar-refractivity contribution >= 4 is 5.91 Å². The van der Waals surface area contributed by atoms with Crippen molar-refractivity contribution in [1.29, 1.82) is 0 Å². The van der Waals surface area contributed by atoms with E-state index in [0.29, 0.717) is 12.8 Å². The Kier molecular flexibility index (Phi) is 6.53. The Morgan fingerprint density at radius 1 is 1.11 bits per heavy atom. The van der Waals surface area contributed by atoms with Gasteiger partial charge in [-0.25, -0.2) is 5.48 Å². The van der Waals surface area contributed by atoms with Crippen LogP contribution >= 0.6 is 0 Å². The number of nitrogens with one attached hydrogen (secondary N) is 1. The minimum absolute atomic E-state index is 0.212. The highest BCUT2D eigenvalue weighted by Gasteiger charge is 2.34. The molecule has 3 heterocycles. The summed E-state index contributed by atoms with van der Waals surface area (Å²) in [5.41, 5.74) is 6.34. The van der Waals surface area contributed by atoms with E-state index >= 15 is 0 Å². The first-order valence-corrected chi connectivity index (χ1v) is 9.63. The lowest BCUT2D eigenvalue weighted by Gasteiger charge is -2.42. The smallest absolute Gasteiger partial charge is 0.243 e. The van der Waals surface area contributed by atoms with Crippen molar-refractivity contribution in [1.82, 2.24) is 20.3 Å². The van der Waals surface area contributed by atoms with Gasteiger partial charge in [0, 0.05) is 18.8 Å². The Morgan fingerprint density at radius 2 is 1.67 bits per heavy atom. The number of hydrogen-bond donors (Lipinski definition) is 2. The fourth-order valence-electron chi connectivity index (χ4n) is 4.12. The third-order valence-corrected chi connectivity index (χ3v) is 5.43. The lowest BCUT2D eigenvalue weighted by Crippen LogP contribution is -2.39. The molecule has 6 nitrogen and oxygen atoms in total. The first-order valence-electron chi connectivity index (χ1n) is 9.63. The van der Waals surface area contributed by atoms with Crippen molar-refractivity contribution in [3.63, 3.8) is 0 Å². The topological polar surface area (TPSA) is 78.4 Å². The zero-order valence-electron chi connectivity index (χ0n) is 16.1. The van der Waals surface area contributed by atoms with Crippen molar-refractivity contribution in [3.05, 3.63) is 59.2 Å². The van der Waals surface area contributed by atoms with Crippen LogP contribution < -0.4 is 5.48 Å². The molecular weight excluding hydrogens is 340 g/mol. The molecule has 27 heavy (non-hydrogen) atoms. The zero-order valence-corrected chi connectivity index (χ0v) is 16.1. The normalized spacial score (nSPS) is 20.4. The van der Waals surface area contributed by atoms with Crippen LogP contribution in [0.25, 0.3) is 0 Å². The van der Waals surface area contributed by atoms with E-state index in [1.807, 2.05) is 24.5 Å². The van der Waals surface area contributed by atoms with Gasteiger partial charge in [0.1, 0.15) is 0 Å². The molecule has 1 saturated heterocycles. The molecule has 1 amide bonds. The second-order valence-electron chi connectivity index (χ2n) is 7.25. The second kappa shape index (κ2) is 9.06. The highest BCUT2D eigenvalue weighted by Crippen LogP contribution is 2.42. The lowest BCUT2D eigenvalue weighted by molar-refractivity contribution is -0.129. The van der Waals surface area contributed by atoms with Gasteiger partial charge >= 0.3 is 0 Å². The number of nitrogens with zero attached hydrogens (tertiary/aromatic N) is 3. The summed E-state index contributed by atoms with van der Waals surface area (Å²) in [5, 5.41) is 8.77. The van der Waals surface area contributed by atoms with Gasteiger partial charge in [0.2, 0.25) is 5.91 Å². The van der Waals surface area contributed by atoms with E-state index in [1.54, 1.807) is 5.48 Å². The molecule has 6 heteroatoms. The summed E-state index contributed by atoms with van der Waals surface area (Å²) in [5.74, 6) is -0.344. The molecule has 2 atom stereocenters. The minimum Gasteiger partial charge on any atom is -0.289 e. The molecule has 0 spiro atoms. The summed E-state index contributed by atoms with van der Waals surface area (Å²) < 4.78 is 0. The van der Waals surface area contributed by atoms with Crippen LogP contribution in [0.4, 0.5) is 0 Å². The predicted octanol–water partition coefficient (Wildman–Crippen LogP) is 3.65. The van der Waals surface area contributed by atoms with Crippen LogP contribution in [0.15, 0.2) is 36.7 Å². The van der Waals surface area contributed by atoms with Gasteiger partial charge in [0.25, 0.3) is 0 Å². The standard InChI is InChI=1S/C21H28N4O2/c1-15-7-4-12-22-20(15)17-9-3-10-18(21-16(2)8-5-13-23-21)25(17)14-6-11-19(26)24-27/h4-5,7-8,12-13,17-18,27H,3,6,9-11,14H2,1-2H3,(H,24,26)/t17-,18+. The summed E-state index contributed by atoms with van der Waals surface area (Å²) in [6.07, 6.45) is 7.91. The monoisotopic (exact) mass is 368 g/mol. The quantitative estimate of drug-likeness (QED) is 0.601. The van der Waals surface area contributed by atoms with Gasteiger partial charge in [-0.1, -0.05) is 12.1 Å². The third kappa shape index (κ3) is 4.51. The molecule has 0 aromatic carbocycles. The average Bonchev–Trinajstić information content (AvgIpc) is 2.69. The fraction of sp³-hybridized carbons (Fsp3) is 0.476. The van der Waals surface area contributed by atoms with E-state index < -0.39 is 0 Å². The van der Waals surface area contributed by atoms with Gasteiger partial charge < -0.3 is 0 Å². The van der Waals surface area contributed by atoms with E-state index in [4.69, 9.17) is 5.21 Å². The van der Waals surface area contributed by atoms with E-state index in [2.05, 4.69) is 40.8 Å². The molecule has 0 unspecified atom stereocenters. The van der Waals surface area contributed by atoms with Crippen molar-refractivity contribution in [2.45, 2.75) is 58.0 Å². The molecule has 3 rings (SSSR count). The number of carbonyl (C=O) groups is 1. The van der Waals surface area contributed by atoms with Crippen LogP contribution in [0.5, 0.6) is 0 Å². The molecule has 2 aromatic rings. The van der Waals surface area contributed by atoms with Crippen molar-refractivity contribution in [3.8, 4) is 0 Å². The highest BCUT2D eigenvalue weighted by molar-refractivity contribution is 5.74. The number of likely N-dealkylation sites (tertiary alicyclic amines) is 1. The molecule has 144 valence electrons. The molecule has 1 aliphatic rings. The Hall–Kier alpha value is -2.31. The van der Waals surface area contributed by atoms with Crippen LogP contribution in [0.3, 0.4) is 0 Å². The first kappa shape index (κ1) is 19.5. The van der Waals surface area contributed by atoms with Crippen molar-refractivity contribution in [2.24, 2.45) is 0 Å². The van der Waals surface area contributed by atoms with Crippen LogP contribution in [-0.4, -0.2) is 32.5 Å². The van der Waals surface area contributed by atoms with Crippen molar-refractivity contribution in [2.75, 3.05) is 6.54 Å². The Labute approximate surface area is 160 Å². The molecule has 0 aliphatic carbocycles. The number of aromatic nitrogens is 2. The molecule has 0 bridgehead atoms. The molecule has 2 N–H and O–H groups in total. The second-order valence-corrected chi connectivity index (χ2v) is 7.25. The summed E-state index contributed by atoms with van der Waals surface area (Å²) in [6, 6.07) is 8.58. The predicted molar refractivity (Wildman–Crippen MR) is 103 cm³/mol. The largest absolute Gasteiger partial charge is 0.289 e. The number of hydrogen-bond acceptors (Lipinski definition) is 5. The van der Waals surface area contributed by atoms with Gasteiger partial charge in [0.05, 0.1) is 23.5 Å². The molecule has 1 fully saturated rings. The molecule has 2 aromatic heterocycles. The number of aryl methyl sites for hydroxylation is 2. The fourth-order valence-corrected chi connectivity index (χ4v) is 4.12. The number of pyridine rings is 2. The summed E-state index contributed by atoms with van der Waals surface area (Å²) in [7, 11) is 0. The maximum atomic E-state index is 11.5. The van der Waals surface area contributed by atoms with Crippen LogP contribution in [0, 0.1) is 13.8 Å². The molecule has 0 radical (unpaired) electrons. The SMILES string of the molecule is Cc1cccnc1[C@H]1CCC[C@@H](c2ncccc2C)N1CCCC(=O)NO. The van der Waals surface area contributed by atoms with Crippen LogP contribution in [-0.2, 0) is 4.79 Å². The van der Waals surface area contributed by atoms with Gasteiger partial charge in [-0.05, 0) is 69.3 Å². The van der Waals surface area contributed by atoms with Gasteiger partial charge in [0.15, 0.2) is 0 Å². The number of rotatable bonds is 6. The van der Waals surface area contributed by atoms with Crippen LogP contribution in [0.2, 0.25) is 0 Å². The van der Waals surface area contributed by atoms with Crippen LogP contribution in [0.1, 0.15) is 66.7 Å². The first-order chi connectivity index (χ1) is 13.1. The molecule has 0 saturated carbocycles. The third-order valence-electron chi connectivity index (χ3n) is 5.43. The van der Waals surface area contributed by atoms with E-state index in [9.17, 15) is 4.79 Å². The summed E-state index contributed by atoms with van der Waals surface area (Å²) >= 11 is 0. The Balaban J connectivity index is 1.90. The number of amides is 1. The van der Waals surface area contributed by atoms with E-state index in [0.717, 1.165) is 37.2 Å². The lowest BCUT2D eigenvalue weighted by atomic mass is 9.88. The number of piperidine rings is 1. The van der Waals surface area contributed by atoms with E-state index in [1.165, 1.54) is 11.1 Å². The summed E-state index contributed by atoms with van der Waals surface area (Å²) in [6.45, 7) is 4.97. The minimum atomic E-state index is -0.344. The van der Waals surface area contributed by atoms with Gasteiger partial charge in [-0.15, -0.1) is 0 Å². The van der Waals surface area contributed by atoms with Crippen molar-refractivity contribution < 1.29 is 10.0 Å². The maximum Gasteiger partial charge on any atom is 0.243 e. The Bertz CT molecular complexity index is 727. The van der Waals surface area contributed by atoms with E-state index in [-0.39, 0.29) is 18.0 Å². The highest BCUT2D eigenvalue weighted by atomic mass is 16.5. The summed E-state index contributed by atoms with van der Waals surface area (Å²) in [4.78, 5) is 23.3. The number of hydroxylamine groups is 1.